The third kappa shape index (κ3) is 4.54. The maximum Gasteiger partial charge on any atom is 0.146 e. The van der Waals surface area contributed by atoms with Crippen LogP contribution in [-0.4, -0.2) is 41.3 Å². The van der Waals surface area contributed by atoms with Gasteiger partial charge < -0.3 is 9.16 Å². The minimum Gasteiger partial charge on any atom is -0.427 e. The highest BCUT2D eigenvalue weighted by Gasteiger charge is 2.27. The summed E-state index contributed by atoms with van der Waals surface area (Å²) in [6.45, 7) is 2.88. The Labute approximate surface area is 148 Å². The van der Waals surface area contributed by atoms with Crippen molar-refractivity contribution in [2.24, 2.45) is 0 Å². The van der Waals surface area contributed by atoms with Gasteiger partial charge in [-0.1, -0.05) is 60.7 Å². The molecule has 24 heavy (non-hydrogen) atoms. The molecule has 0 aromatic heterocycles. The average Bonchev–Trinajstić information content (AvgIpc) is 2.66. The summed E-state index contributed by atoms with van der Waals surface area (Å²) < 4.78 is 12.1. The molecule has 1 aliphatic rings. The molecule has 2 aromatic rings. The summed E-state index contributed by atoms with van der Waals surface area (Å²) in [7, 11) is 0.803. The predicted octanol–water partition coefficient (Wildman–Crippen LogP) is 2.90. The van der Waals surface area contributed by atoms with Gasteiger partial charge in [0.05, 0.1) is 0 Å². The van der Waals surface area contributed by atoms with Crippen molar-refractivity contribution in [3.05, 3.63) is 71.8 Å². The highest BCUT2D eigenvalue weighted by molar-refractivity contribution is 5.97. The molecule has 0 amide bonds. The second kappa shape index (κ2) is 9.13. The number of likely N-dealkylation sites (tertiary alicyclic amines) is 1. The molecule has 0 radical (unpaired) electrons. The van der Waals surface area contributed by atoms with Crippen molar-refractivity contribution in [3.8, 4) is 0 Å². The Bertz CT molecular complexity index is 554. The Morgan fingerprint density at radius 1 is 0.958 bits per heavy atom. The first-order valence-corrected chi connectivity index (χ1v) is 9.68. The lowest BCUT2D eigenvalue weighted by Crippen LogP contribution is -2.43. The van der Waals surface area contributed by atoms with Crippen LogP contribution in [0.2, 0.25) is 0 Å². The summed E-state index contributed by atoms with van der Waals surface area (Å²) in [6, 6.07) is 21.1. The minimum atomic E-state index is -0.0186. The first-order chi connectivity index (χ1) is 11.9. The van der Waals surface area contributed by atoms with Crippen LogP contribution in [0.1, 0.15) is 36.5 Å². The summed E-state index contributed by atoms with van der Waals surface area (Å²) in [5.74, 6) is 0. The maximum atomic E-state index is 6.65. The molecular formula is C20H27NO2Si. The summed E-state index contributed by atoms with van der Waals surface area (Å²) in [5.41, 5.74) is 2.43. The van der Waals surface area contributed by atoms with Gasteiger partial charge in [0.25, 0.3) is 0 Å². The quantitative estimate of drug-likeness (QED) is 0.723. The molecule has 0 aliphatic carbocycles. The number of benzene rings is 2. The number of nitrogens with zero attached hydrogens (tertiary/aromatic N) is 1. The molecule has 128 valence electrons. The standard InChI is InChI=1S/C20H27NO2Si/c24-22-16-15-21-14-8-7-13-19(21)23-20(17-9-3-1-4-10-17)18-11-5-2-6-12-18/h1-6,9-12,19-20H,7-8,13-16H2,24H3. The number of piperidine rings is 1. The zero-order chi connectivity index (χ0) is 16.6. The Kier molecular flexibility index (Phi) is 6.61. The van der Waals surface area contributed by atoms with Crippen LogP contribution >= 0.6 is 0 Å². The second-order valence-corrected chi connectivity index (χ2v) is 6.89. The van der Waals surface area contributed by atoms with Crippen molar-refractivity contribution in [1.29, 1.82) is 0 Å². The number of rotatable bonds is 7. The van der Waals surface area contributed by atoms with E-state index in [9.17, 15) is 0 Å². The van der Waals surface area contributed by atoms with Gasteiger partial charge in [-0.15, -0.1) is 0 Å². The smallest absolute Gasteiger partial charge is 0.146 e. The van der Waals surface area contributed by atoms with Gasteiger partial charge in [-0.05, 0) is 30.4 Å². The highest BCUT2D eigenvalue weighted by Crippen LogP contribution is 2.30. The Morgan fingerprint density at radius 3 is 2.17 bits per heavy atom. The third-order valence-electron chi connectivity index (χ3n) is 4.63. The molecule has 3 rings (SSSR count). The molecule has 0 bridgehead atoms. The lowest BCUT2D eigenvalue weighted by molar-refractivity contribution is -0.108. The van der Waals surface area contributed by atoms with Crippen LogP contribution in [0.25, 0.3) is 0 Å². The van der Waals surface area contributed by atoms with Gasteiger partial charge in [0.2, 0.25) is 0 Å². The van der Waals surface area contributed by atoms with Crippen LogP contribution in [-0.2, 0) is 9.16 Å². The zero-order valence-electron chi connectivity index (χ0n) is 14.4. The van der Waals surface area contributed by atoms with E-state index in [1.807, 2.05) is 0 Å². The first-order valence-electron chi connectivity index (χ1n) is 8.87. The lowest BCUT2D eigenvalue weighted by atomic mass is 10.0. The molecule has 3 nitrogen and oxygen atoms in total. The van der Waals surface area contributed by atoms with E-state index in [0.29, 0.717) is 0 Å². The predicted molar refractivity (Wildman–Crippen MR) is 101 cm³/mol. The van der Waals surface area contributed by atoms with E-state index in [0.717, 1.165) is 36.6 Å². The van der Waals surface area contributed by atoms with E-state index in [2.05, 4.69) is 65.6 Å². The summed E-state index contributed by atoms with van der Waals surface area (Å²) >= 11 is 0. The molecule has 1 aliphatic heterocycles. The largest absolute Gasteiger partial charge is 0.427 e. The normalized spacial score (nSPS) is 19.0. The van der Waals surface area contributed by atoms with E-state index in [1.54, 1.807) is 0 Å². The molecule has 1 fully saturated rings. The summed E-state index contributed by atoms with van der Waals surface area (Å²) in [6.07, 6.45) is 3.73. The van der Waals surface area contributed by atoms with Crippen LogP contribution in [0.15, 0.2) is 60.7 Å². The van der Waals surface area contributed by atoms with Crippen LogP contribution in [0, 0.1) is 0 Å². The SMILES string of the molecule is [SiH3]OCCN1CCCCC1OC(c1ccccc1)c1ccccc1. The van der Waals surface area contributed by atoms with Gasteiger partial charge in [0.15, 0.2) is 0 Å². The Morgan fingerprint density at radius 2 is 1.58 bits per heavy atom. The molecule has 0 N–H and O–H groups in total. The van der Waals surface area contributed by atoms with Crippen molar-refractivity contribution in [2.75, 3.05) is 19.7 Å². The molecule has 0 spiro atoms. The highest BCUT2D eigenvalue weighted by atomic mass is 28.2. The van der Waals surface area contributed by atoms with E-state index >= 15 is 0 Å². The van der Waals surface area contributed by atoms with Crippen LogP contribution in [0.5, 0.6) is 0 Å². The minimum absolute atomic E-state index is 0.0186. The summed E-state index contributed by atoms with van der Waals surface area (Å²) in [5, 5.41) is 0. The van der Waals surface area contributed by atoms with Crippen LogP contribution in [0.4, 0.5) is 0 Å². The topological polar surface area (TPSA) is 21.7 Å². The van der Waals surface area contributed by atoms with E-state index in [4.69, 9.17) is 9.16 Å². The first kappa shape index (κ1) is 17.4. The van der Waals surface area contributed by atoms with E-state index < -0.39 is 0 Å². The van der Waals surface area contributed by atoms with Crippen molar-refractivity contribution in [1.82, 2.24) is 4.90 Å². The van der Waals surface area contributed by atoms with Crippen molar-refractivity contribution >= 4 is 10.5 Å². The average molecular weight is 342 g/mol. The van der Waals surface area contributed by atoms with Gasteiger partial charge in [-0.25, -0.2) is 0 Å². The molecule has 1 atom stereocenters. The fourth-order valence-electron chi connectivity index (χ4n) is 3.34. The van der Waals surface area contributed by atoms with Crippen LogP contribution < -0.4 is 0 Å². The zero-order valence-corrected chi connectivity index (χ0v) is 16.4. The molecule has 2 aromatic carbocycles. The van der Waals surface area contributed by atoms with Gasteiger partial charge in [-0.2, -0.15) is 0 Å². The molecule has 1 unspecified atom stereocenters. The third-order valence-corrected chi connectivity index (χ3v) is 5.04. The monoisotopic (exact) mass is 341 g/mol. The van der Waals surface area contributed by atoms with Gasteiger partial charge in [-0.3, -0.25) is 4.90 Å². The van der Waals surface area contributed by atoms with Crippen molar-refractivity contribution in [2.45, 2.75) is 31.6 Å². The number of hydrogen-bond donors (Lipinski definition) is 0. The van der Waals surface area contributed by atoms with Crippen molar-refractivity contribution in [3.63, 3.8) is 0 Å². The molecular weight excluding hydrogens is 314 g/mol. The molecule has 0 saturated carbocycles. The van der Waals surface area contributed by atoms with Gasteiger partial charge in [0.1, 0.15) is 22.8 Å². The molecule has 1 heterocycles. The lowest BCUT2D eigenvalue weighted by Gasteiger charge is -2.37. The molecule has 4 heteroatoms. The van der Waals surface area contributed by atoms with Gasteiger partial charge in [0, 0.05) is 19.7 Å². The number of hydrogen-bond acceptors (Lipinski definition) is 3. The molecule has 1 saturated heterocycles. The second-order valence-electron chi connectivity index (χ2n) is 6.32. The number of ether oxygens (including phenoxy) is 1. The Balaban J connectivity index is 1.80. The van der Waals surface area contributed by atoms with Crippen LogP contribution in [0.3, 0.4) is 0 Å². The maximum absolute atomic E-state index is 6.65. The fourth-order valence-corrected chi connectivity index (χ4v) is 3.52. The summed E-state index contributed by atoms with van der Waals surface area (Å²) in [4.78, 5) is 2.44. The van der Waals surface area contributed by atoms with Gasteiger partial charge >= 0.3 is 0 Å². The van der Waals surface area contributed by atoms with E-state index in [1.165, 1.54) is 24.0 Å². The Hall–Kier alpha value is -1.46. The fraction of sp³-hybridized carbons (Fsp3) is 0.400. The van der Waals surface area contributed by atoms with E-state index in [-0.39, 0.29) is 12.3 Å². The van der Waals surface area contributed by atoms with Crippen molar-refractivity contribution < 1.29 is 9.16 Å².